The Labute approximate surface area is 123 Å². The number of hydrogen-bond donors (Lipinski definition) is 1. The molecular formula is C17H31NO2. The van der Waals surface area contributed by atoms with Crippen molar-refractivity contribution in [1.29, 1.82) is 0 Å². The first-order valence-corrected chi connectivity index (χ1v) is 8.70. The van der Waals surface area contributed by atoms with E-state index < -0.39 is 0 Å². The van der Waals surface area contributed by atoms with Crippen molar-refractivity contribution in [2.75, 3.05) is 26.9 Å². The van der Waals surface area contributed by atoms with E-state index in [0.29, 0.717) is 6.04 Å². The summed E-state index contributed by atoms with van der Waals surface area (Å²) >= 11 is 0. The van der Waals surface area contributed by atoms with E-state index in [1.165, 1.54) is 57.8 Å². The Bertz CT molecular complexity index is 290. The highest BCUT2D eigenvalue weighted by Gasteiger charge is 2.40. The van der Waals surface area contributed by atoms with Gasteiger partial charge in [-0.05, 0) is 57.4 Å². The van der Waals surface area contributed by atoms with Crippen LogP contribution in [0.15, 0.2) is 0 Å². The summed E-state index contributed by atoms with van der Waals surface area (Å²) < 4.78 is 11.8. The lowest BCUT2D eigenvalue weighted by molar-refractivity contribution is -0.122. The van der Waals surface area contributed by atoms with Crippen molar-refractivity contribution in [1.82, 2.24) is 5.32 Å². The van der Waals surface area contributed by atoms with Gasteiger partial charge in [0, 0.05) is 25.9 Å². The first kappa shape index (κ1) is 14.8. The van der Waals surface area contributed by atoms with E-state index >= 15 is 0 Å². The average Bonchev–Trinajstić information content (AvgIpc) is 2.98. The standard InChI is InChI=1S/C17H31NO2/c1-18-16(11-14-5-9-19-13-14)15-6-10-20-17(12-15)7-3-2-4-8-17/h14-16,18H,2-13H2,1H3. The number of rotatable bonds is 4. The maximum atomic E-state index is 6.25. The molecule has 0 radical (unpaired) electrons. The molecule has 2 aliphatic heterocycles. The van der Waals surface area contributed by atoms with E-state index in [1.54, 1.807) is 0 Å². The molecule has 3 fully saturated rings. The van der Waals surface area contributed by atoms with E-state index in [-0.39, 0.29) is 5.60 Å². The second-order valence-electron chi connectivity index (χ2n) is 7.21. The maximum absolute atomic E-state index is 6.25. The van der Waals surface area contributed by atoms with Crippen LogP contribution in [0.4, 0.5) is 0 Å². The third-order valence-electron chi connectivity index (χ3n) is 5.85. The van der Waals surface area contributed by atoms with Crippen LogP contribution < -0.4 is 5.32 Å². The van der Waals surface area contributed by atoms with E-state index in [1.807, 2.05) is 0 Å². The van der Waals surface area contributed by atoms with Gasteiger partial charge in [-0.25, -0.2) is 0 Å². The first-order valence-electron chi connectivity index (χ1n) is 8.70. The van der Waals surface area contributed by atoms with Crippen LogP contribution in [0.25, 0.3) is 0 Å². The van der Waals surface area contributed by atoms with Gasteiger partial charge in [0.05, 0.1) is 5.60 Å². The summed E-state index contributed by atoms with van der Waals surface area (Å²) in [6, 6.07) is 0.657. The summed E-state index contributed by atoms with van der Waals surface area (Å²) in [5.74, 6) is 1.57. The lowest BCUT2D eigenvalue weighted by Crippen LogP contribution is -2.47. The Morgan fingerprint density at radius 2 is 2.00 bits per heavy atom. The SMILES string of the molecule is CNC(CC1CCOC1)C1CCOC2(CCCCC2)C1. The average molecular weight is 281 g/mol. The van der Waals surface area contributed by atoms with Crippen LogP contribution in [0.1, 0.15) is 57.8 Å². The van der Waals surface area contributed by atoms with Crippen LogP contribution in [-0.2, 0) is 9.47 Å². The van der Waals surface area contributed by atoms with E-state index in [0.717, 1.165) is 31.7 Å². The molecule has 2 saturated heterocycles. The van der Waals surface area contributed by atoms with Gasteiger partial charge in [0.2, 0.25) is 0 Å². The summed E-state index contributed by atoms with van der Waals surface area (Å²) in [5, 5.41) is 3.61. The number of hydrogen-bond acceptors (Lipinski definition) is 3. The number of nitrogens with one attached hydrogen (secondary N) is 1. The summed E-state index contributed by atoms with van der Waals surface area (Å²) in [7, 11) is 2.14. The molecule has 0 aromatic heterocycles. The van der Waals surface area contributed by atoms with Crippen LogP contribution in [0.2, 0.25) is 0 Å². The fraction of sp³-hybridized carbons (Fsp3) is 1.00. The summed E-state index contributed by atoms with van der Waals surface area (Å²) in [5.41, 5.74) is 0.239. The Morgan fingerprint density at radius 1 is 1.15 bits per heavy atom. The van der Waals surface area contributed by atoms with E-state index in [9.17, 15) is 0 Å². The molecule has 3 heteroatoms. The van der Waals surface area contributed by atoms with Gasteiger partial charge in [0.25, 0.3) is 0 Å². The van der Waals surface area contributed by atoms with Crippen molar-refractivity contribution >= 4 is 0 Å². The predicted octanol–water partition coefficient (Wildman–Crippen LogP) is 3.13. The highest BCUT2D eigenvalue weighted by molar-refractivity contribution is 4.93. The highest BCUT2D eigenvalue weighted by atomic mass is 16.5. The normalized spacial score (nSPS) is 35.2. The minimum Gasteiger partial charge on any atom is -0.381 e. The third kappa shape index (κ3) is 3.37. The Balaban J connectivity index is 1.58. The minimum atomic E-state index is 0.239. The second-order valence-corrected chi connectivity index (χ2v) is 7.21. The topological polar surface area (TPSA) is 30.5 Å². The lowest BCUT2D eigenvalue weighted by Gasteiger charge is -2.45. The molecule has 3 rings (SSSR count). The molecule has 0 aromatic carbocycles. The molecular weight excluding hydrogens is 250 g/mol. The Kier molecular flexibility index (Phi) is 5.00. The van der Waals surface area contributed by atoms with Crippen LogP contribution in [-0.4, -0.2) is 38.5 Å². The highest BCUT2D eigenvalue weighted by Crippen LogP contribution is 2.42. The van der Waals surface area contributed by atoms with Gasteiger partial charge in [0.1, 0.15) is 0 Å². The smallest absolute Gasteiger partial charge is 0.0685 e. The van der Waals surface area contributed by atoms with Gasteiger partial charge in [-0.15, -0.1) is 0 Å². The molecule has 1 aliphatic carbocycles. The van der Waals surface area contributed by atoms with Gasteiger partial charge in [-0.1, -0.05) is 19.3 Å². The maximum Gasteiger partial charge on any atom is 0.0685 e. The van der Waals surface area contributed by atoms with Crippen molar-refractivity contribution in [2.24, 2.45) is 11.8 Å². The van der Waals surface area contributed by atoms with Crippen molar-refractivity contribution in [2.45, 2.75) is 69.4 Å². The molecule has 116 valence electrons. The predicted molar refractivity (Wildman–Crippen MR) is 80.9 cm³/mol. The molecule has 0 bridgehead atoms. The molecule has 1 N–H and O–H groups in total. The van der Waals surface area contributed by atoms with Crippen LogP contribution in [0.3, 0.4) is 0 Å². The zero-order valence-electron chi connectivity index (χ0n) is 13.0. The summed E-state index contributed by atoms with van der Waals surface area (Å²) in [6.45, 7) is 2.93. The van der Waals surface area contributed by atoms with Gasteiger partial charge in [-0.3, -0.25) is 0 Å². The Morgan fingerprint density at radius 3 is 2.70 bits per heavy atom. The molecule has 0 amide bonds. The molecule has 3 unspecified atom stereocenters. The van der Waals surface area contributed by atoms with E-state index in [4.69, 9.17) is 9.47 Å². The molecule has 20 heavy (non-hydrogen) atoms. The molecule has 3 aliphatic rings. The molecule has 3 atom stereocenters. The zero-order chi connectivity index (χ0) is 13.8. The van der Waals surface area contributed by atoms with Gasteiger partial charge in [0.15, 0.2) is 0 Å². The Hall–Kier alpha value is -0.120. The molecule has 2 heterocycles. The minimum absolute atomic E-state index is 0.239. The van der Waals surface area contributed by atoms with Crippen molar-refractivity contribution in [3.8, 4) is 0 Å². The zero-order valence-corrected chi connectivity index (χ0v) is 13.0. The van der Waals surface area contributed by atoms with Gasteiger partial charge >= 0.3 is 0 Å². The molecule has 1 saturated carbocycles. The third-order valence-corrected chi connectivity index (χ3v) is 5.85. The summed E-state index contributed by atoms with van der Waals surface area (Å²) in [6.07, 6.45) is 11.8. The quantitative estimate of drug-likeness (QED) is 0.859. The van der Waals surface area contributed by atoms with Gasteiger partial charge < -0.3 is 14.8 Å². The van der Waals surface area contributed by atoms with Crippen molar-refractivity contribution < 1.29 is 9.47 Å². The van der Waals surface area contributed by atoms with E-state index in [2.05, 4.69) is 12.4 Å². The van der Waals surface area contributed by atoms with Crippen LogP contribution in [0, 0.1) is 11.8 Å². The van der Waals surface area contributed by atoms with Gasteiger partial charge in [-0.2, -0.15) is 0 Å². The fourth-order valence-corrected chi connectivity index (χ4v) is 4.63. The second kappa shape index (κ2) is 6.76. The monoisotopic (exact) mass is 281 g/mol. The first-order chi connectivity index (χ1) is 9.81. The van der Waals surface area contributed by atoms with Crippen LogP contribution in [0.5, 0.6) is 0 Å². The fourth-order valence-electron chi connectivity index (χ4n) is 4.63. The van der Waals surface area contributed by atoms with Crippen molar-refractivity contribution in [3.63, 3.8) is 0 Å². The summed E-state index contributed by atoms with van der Waals surface area (Å²) in [4.78, 5) is 0. The largest absolute Gasteiger partial charge is 0.381 e. The molecule has 0 aromatic rings. The lowest BCUT2D eigenvalue weighted by atomic mass is 9.73. The molecule has 3 nitrogen and oxygen atoms in total. The number of ether oxygens (including phenoxy) is 2. The van der Waals surface area contributed by atoms with Crippen molar-refractivity contribution in [3.05, 3.63) is 0 Å². The van der Waals surface area contributed by atoms with Crippen LogP contribution >= 0.6 is 0 Å². The molecule has 1 spiro atoms.